The third-order valence-corrected chi connectivity index (χ3v) is 5.01. The molecule has 0 aliphatic rings. The molecule has 2 aromatic rings. The van der Waals surface area contributed by atoms with E-state index in [0.29, 0.717) is 12.1 Å². The summed E-state index contributed by atoms with van der Waals surface area (Å²) in [5.41, 5.74) is -0.806. The zero-order valence-electron chi connectivity index (χ0n) is 14.3. The normalized spacial score (nSPS) is 12.3. The van der Waals surface area contributed by atoms with Gasteiger partial charge in [0.2, 0.25) is 10.0 Å². The molecule has 0 fully saturated rings. The molecule has 0 spiro atoms. The van der Waals surface area contributed by atoms with Crippen molar-refractivity contribution >= 4 is 15.7 Å². The Morgan fingerprint density at radius 1 is 0.885 bits per heavy atom. The van der Waals surface area contributed by atoms with Gasteiger partial charge >= 0.3 is 0 Å². The zero-order valence-corrected chi connectivity index (χ0v) is 15.1. The monoisotopic (exact) mass is 390 g/mol. The van der Waals surface area contributed by atoms with Crippen molar-refractivity contribution in [3.8, 4) is 0 Å². The van der Waals surface area contributed by atoms with Crippen molar-refractivity contribution in [2.75, 3.05) is 5.32 Å². The summed E-state index contributed by atoms with van der Waals surface area (Å²) in [5, 5.41) is 2.66. The highest BCUT2D eigenvalue weighted by molar-refractivity contribution is 7.89. The van der Waals surface area contributed by atoms with E-state index in [1.54, 1.807) is 20.8 Å². The van der Waals surface area contributed by atoms with Crippen LogP contribution in [-0.4, -0.2) is 14.0 Å². The molecule has 2 N–H and O–H groups in total. The van der Waals surface area contributed by atoms with Crippen LogP contribution in [0.4, 0.5) is 23.2 Å². The van der Waals surface area contributed by atoms with Crippen molar-refractivity contribution in [2.45, 2.75) is 37.8 Å². The van der Waals surface area contributed by atoms with Gasteiger partial charge in [-0.05, 0) is 45.0 Å². The fourth-order valence-corrected chi connectivity index (χ4v) is 3.70. The summed E-state index contributed by atoms with van der Waals surface area (Å²) in [6.45, 7) is 4.57. The topological polar surface area (TPSA) is 58.2 Å². The van der Waals surface area contributed by atoms with Crippen LogP contribution in [0.2, 0.25) is 0 Å². The smallest absolute Gasteiger partial charge is 0.244 e. The van der Waals surface area contributed by atoms with E-state index in [2.05, 4.69) is 10.0 Å². The molecule has 26 heavy (non-hydrogen) atoms. The van der Waals surface area contributed by atoms with E-state index < -0.39 is 43.7 Å². The zero-order chi connectivity index (χ0) is 19.7. The standard InChI is InChI=1S/C17H18F4N2O2S/c1-17(2,3)23-26(24,25)16-7-11(4-5-12(16)18)22-9-10-6-14(20)15(21)8-13(10)19/h4-8,22-23H,9H2,1-3H3. The van der Waals surface area contributed by atoms with Gasteiger partial charge in [0.05, 0.1) is 0 Å². The van der Waals surface area contributed by atoms with E-state index >= 15 is 0 Å². The molecule has 0 atom stereocenters. The number of hydrogen-bond donors (Lipinski definition) is 2. The molecule has 0 saturated carbocycles. The fraction of sp³-hybridized carbons (Fsp3) is 0.294. The second kappa shape index (κ2) is 7.24. The number of benzene rings is 2. The summed E-state index contributed by atoms with van der Waals surface area (Å²) in [4.78, 5) is -0.580. The minimum absolute atomic E-state index is 0.162. The van der Waals surface area contributed by atoms with Gasteiger partial charge in [0.15, 0.2) is 11.6 Å². The first-order valence-corrected chi connectivity index (χ1v) is 9.08. The summed E-state index contributed by atoms with van der Waals surface area (Å²) in [7, 11) is -4.12. The highest BCUT2D eigenvalue weighted by atomic mass is 32.2. The Kier molecular flexibility index (Phi) is 5.62. The molecule has 0 unspecified atom stereocenters. The number of sulfonamides is 1. The van der Waals surface area contributed by atoms with Gasteiger partial charge in [-0.2, -0.15) is 0 Å². The first-order chi connectivity index (χ1) is 11.9. The number of hydrogen-bond acceptors (Lipinski definition) is 3. The Hall–Kier alpha value is -2.13. The number of nitrogens with one attached hydrogen (secondary N) is 2. The molecule has 2 aromatic carbocycles. The molecule has 0 bridgehead atoms. The highest BCUT2D eigenvalue weighted by Gasteiger charge is 2.25. The lowest BCUT2D eigenvalue weighted by molar-refractivity contribution is 0.486. The third kappa shape index (κ3) is 4.95. The molecule has 0 heterocycles. The van der Waals surface area contributed by atoms with Gasteiger partial charge in [-0.1, -0.05) is 0 Å². The lowest BCUT2D eigenvalue weighted by Gasteiger charge is -2.21. The second-order valence-electron chi connectivity index (χ2n) is 6.71. The molecule has 9 heteroatoms. The average molecular weight is 390 g/mol. The number of anilines is 1. The highest BCUT2D eigenvalue weighted by Crippen LogP contribution is 2.22. The van der Waals surface area contributed by atoms with Gasteiger partial charge in [0.25, 0.3) is 0 Å². The predicted octanol–water partition coefficient (Wildman–Crippen LogP) is 3.93. The van der Waals surface area contributed by atoms with Crippen LogP contribution in [0.3, 0.4) is 0 Å². The van der Waals surface area contributed by atoms with E-state index in [1.807, 2.05) is 0 Å². The molecule has 0 saturated heterocycles. The van der Waals surface area contributed by atoms with Crippen LogP contribution in [-0.2, 0) is 16.6 Å². The Morgan fingerprint density at radius 3 is 2.12 bits per heavy atom. The van der Waals surface area contributed by atoms with Crippen LogP contribution in [0.15, 0.2) is 35.2 Å². The number of halogens is 4. The van der Waals surface area contributed by atoms with E-state index in [9.17, 15) is 26.0 Å². The maximum Gasteiger partial charge on any atom is 0.244 e. The summed E-state index contributed by atoms with van der Waals surface area (Å²) < 4.78 is 80.7. The minimum Gasteiger partial charge on any atom is -0.381 e. The molecule has 2 rings (SSSR count). The van der Waals surface area contributed by atoms with Gasteiger partial charge in [0.1, 0.15) is 16.5 Å². The Balaban J connectivity index is 2.26. The number of rotatable bonds is 5. The van der Waals surface area contributed by atoms with Gasteiger partial charge in [0, 0.05) is 29.4 Å². The van der Waals surface area contributed by atoms with Crippen LogP contribution in [0.25, 0.3) is 0 Å². The molecule has 4 nitrogen and oxygen atoms in total. The van der Waals surface area contributed by atoms with E-state index in [4.69, 9.17) is 0 Å². The van der Waals surface area contributed by atoms with E-state index in [-0.39, 0.29) is 17.8 Å². The van der Waals surface area contributed by atoms with Crippen molar-refractivity contribution in [2.24, 2.45) is 0 Å². The van der Waals surface area contributed by atoms with E-state index in [0.717, 1.165) is 12.1 Å². The summed E-state index contributed by atoms with van der Waals surface area (Å²) >= 11 is 0. The maximum absolute atomic E-state index is 14.0. The quantitative estimate of drug-likeness (QED) is 0.601. The summed E-state index contributed by atoms with van der Waals surface area (Å²) in [5.74, 6) is -4.43. The predicted molar refractivity (Wildman–Crippen MR) is 90.1 cm³/mol. The molecular formula is C17H18F4N2O2S. The lowest BCUT2D eigenvalue weighted by atomic mass is 10.1. The van der Waals surface area contributed by atoms with Gasteiger partial charge in [-0.15, -0.1) is 0 Å². The molecule has 0 radical (unpaired) electrons. The second-order valence-corrected chi connectivity index (χ2v) is 8.36. The average Bonchev–Trinajstić information content (AvgIpc) is 2.48. The Labute approximate surface area is 149 Å². The van der Waals surface area contributed by atoms with Crippen LogP contribution < -0.4 is 10.0 Å². The molecule has 0 aromatic heterocycles. The fourth-order valence-electron chi connectivity index (χ4n) is 2.17. The SMILES string of the molecule is CC(C)(C)NS(=O)(=O)c1cc(NCc2cc(F)c(F)cc2F)ccc1F. The molecular weight excluding hydrogens is 372 g/mol. The van der Waals surface area contributed by atoms with Gasteiger partial charge in [-0.25, -0.2) is 30.7 Å². The van der Waals surface area contributed by atoms with Crippen LogP contribution in [0.5, 0.6) is 0 Å². The van der Waals surface area contributed by atoms with Crippen LogP contribution in [0.1, 0.15) is 26.3 Å². The van der Waals surface area contributed by atoms with Crippen molar-refractivity contribution in [1.82, 2.24) is 4.72 Å². The van der Waals surface area contributed by atoms with Crippen LogP contribution >= 0.6 is 0 Å². The first kappa shape index (κ1) is 20.2. The maximum atomic E-state index is 14.0. The Morgan fingerprint density at radius 2 is 1.50 bits per heavy atom. The van der Waals surface area contributed by atoms with Crippen molar-refractivity contribution in [1.29, 1.82) is 0 Å². The van der Waals surface area contributed by atoms with Crippen molar-refractivity contribution in [3.05, 3.63) is 59.2 Å². The summed E-state index contributed by atoms with van der Waals surface area (Å²) in [6.07, 6.45) is 0. The molecule has 0 amide bonds. The van der Waals surface area contributed by atoms with Crippen LogP contribution in [0, 0.1) is 23.3 Å². The lowest BCUT2D eigenvalue weighted by Crippen LogP contribution is -2.40. The third-order valence-electron chi connectivity index (χ3n) is 3.23. The van der Waals surface area contributed by atoms with Gasteiger partial charge in [-0.3, -0.25) is 0 Å². The minimum atomic E-state index is -4.12. The molecule has 0 aliphatic carbocycles. The van der Waals surface area contributed by atoms with E-state index in [1.165, 1.54) is 6.07 Å². The Bertz CT molecular complexity index is 925. The van der Waals surface area contributed by atoms with Gasteiger partial charge < -0.3 is 5.32 Å². The molecule has 0 aliphatic heterocycles. The summed E-state index contributed by atoms with van der Waals surface area (Å²) in [6, 6.07) is 4.35. The van der Waals surface area contributed by atoms with Crippen molar-refractivity contribution < 1.29 is 26.0 Å². The largest absolute Gasteiger partial charge is 0.381 e. The van der Waals surface area contributed by atoms with Crippen molar-refractivity contribution in [3.63, 3.8) is 0 Å². The molecule has 142 valence electrons. The first-order valence-electron chi connectivity index (χ1n) is 7.60.